The molecule has 0 fully saturated rings. The third-order valence-corrected chi connectivity index (χ3v) is 3.77. The van der Waals surface area contributed by atoms with E-state index in [1.165, 1.54) is 6.07 Å². The summed E-state index contributed by atoms with van der Waals surface area (Å²) in [5.41, 5.74) is 3.87. The molecule has 1 amide bonds. The van der Waals surface area contributed by atoms with Crippen molar-refractivity contribution in [1.82, 2.24) is 10.4 Å². The van der Waals surface area contributed by atoms with Crippen LogP contribution in [0.25, 0.3) is 10.9 Å². The van der Waals surface area contributed by atoms with Crippen molar-refractivity contribution >= 4 is 39.0 Å². The van der Waals surface area contributed by atoms with Crippen molar-refractivity contribution in [3.63, 3.8) is 0 Å². The van der Waals surface area contributed by atoms with E-state index in [4.69, 9.17) is 0 Å². The van der Waals surface area contributed by atoms with Crippen LogP contribution >= 0.6 is 15.9 Å². The number of amides is 1. The maximum atomic E-state index is 12.3. The molecular formula is C17H12BrN3O2. The lowest BCUT2D eigenvalue weighted by molar-refractivity contribution is 0.0956. The molecule has 0 bridgehead atoms. The highest BCUT2D eigenvalue weighted by Crippen LogP contribution is 2.14. The first kappa shape index (κ1) is 15.2. The maximum Gasteiger partial charge on any atom is 0.272 e. The van der Waals surface area contributed by atoms with Gasteiger partial charge in [0.05, 0.1) is 11.8 Å². The number of rotatable bonds is 3. The van der Waals surface area contributed by atoms with Crippen LogP contribution in [-0.4, -0.2) is 17.1 Å². The first-order chi connectivity index (χ1) is 11.1. The van der Waals surface area contributed by atoms with Gasteiger partial charge in [0, 0.05) is 21.4 Å². The van der Waals surface area contributed by atoms with E-state index in [2.05, 4.69) is 31.4 Å². The third kappa shape index (κ3) is 3.54. The summed E-state index contributed by atoms with van der Waals surface area (Å²) in [6.45, 7) is 0. The van der Waals surface area contributed by atoms with Gasteiger partial charge in [-0.05, 0) is 23.8 Å². The lowest BCUT2D eigenvalue weighted by Crippen LogP contribution is -2.20. The third-order valence-electron chi connectivity index (χ3n) is 3.24. The number of hydrazone groups is 1. The fourth-order valence-corrected chi connectivity index (χ4v) is 2.43. The number of pyridine rings is 1. The number of hydrogen-bond donors (Lipinski definition) is 2. The molecule has 0 saturated carbocycles. The highest BCUT2D eigenvalue weighted by atomic mass is 79.9. The zero-order valence-electron chi connectivity index (χ0n) is 11.9. The van der Waals surface area contributed by atoms with Crippen molar-refractivity contribution in [2.45, 2.75) is 0 Å². The highest BCUT2D eigenvalue weighted by Gasteiger charge is 2.10. The number of aromatic amines is 1. The minimum Gasteiger partial charge on any atom is -0.322 e. The average Bonchev–Trinajstić information content (AvgIpc) is 2.55. The normalized spacial score (nSPS) is 11.0. The molecule has 114 valence electrons. The molecular weight excluding hydrogens is 358 g/mol. The Kier molecular flexibility index (Phi) is 4.34. The highest BCUT2D eigenvalue weighted by molar-refractivity contribution is 9.10. The minimum absolute atomic E-state index is 0.289. The molecule has 3 aromatic rings. The number of para-hydroxylation sites is 1. The Balaban J connectivity index is 1.83. The maximum absolute atomic E-state index is 12.3. The first-order valence-electron chi connectivity index (χ1n) is 6.84. The summed E-state index contributed by atoms with van der Waals surface area (Å²) in [5.74, 6) is -0.430. The standard InChI is InChI=1S/C17H12BrN3O2/c18-12-7-5-11(6-8-12)10-19-21-17(23)14-9-16(22)20-15-4-2-1-3-13(14)15/h1-10H,(H,20,22)(H,21,23). The van der Waals surface area contributed by atoms with Gasteiger partial charge in [-0.15, -0.1) is 0 Å². The van der Waals surface area contributed by atoms with Gasteiger partial charge in [0.1, 0.15) is 0 Å². The number of carbonyl (C=O) groups excluding carboxylic acids is 1. The van der Waals surface area contributed by atoms with Gasteiger partial charge < -0.3 is 4.98 Å². The Hall–Kier alpha value is -2.73. The second-order valence-electron chi connectivity index (χ2n) is 4.84. The molecule has 3 rings (SSSR count). The Bertz CT molecular complexity index is 946. The summed E-state index contributed by atoms with van der Waals surface area (Å²) in [4.78, 5) is 26.6. The molecule has 0 spiro atoms. The van der Waals surface area contributed by atoms with Crippen LogP contribution in [0.3, 0.4) is 0 Å². The predicted molar refractivity (Wildman–Crippen MR) is 93.8 cm³/mol. The van der Waals surface area contributed by atoms with Crippen LogP contribution in [0.4, 0.5) is 0 Å². The number of nitrogens with zero attached hydrogens (tertiary/aromatic N) is 1. The van der Waals surface area contributed by atoms with Crippen molar-refractivity contribution in [2.75, 3.05) is 0 Å². The number of benzene rings is 2. The molecule has 5 nitrogen and oxygen atoms in total. The van der Waals surface area contributed by atoms with E-state index in [1.54, 1.807) is 24.4 Å². The second-order valence-corrected chi connectivity index (χ2v) is 5.76. The van der Waals surface area contributed by atoms with Crippen molar-refractivity contribution in [3.05, 3.63) is 80.6 Å². The van der Waals surface area contributed by atoms with E-state index >= 15 is 0 Å². The smallest absolute Gasteiger partial charge is 0.272 e. The zero-order valence-corrected chi connectivity index (χ0v) is 13.5. The summed E-state index contributed by atoms with van der Waals surface area (Å²) in [5, 5.41) is 4.60. The van der Waals surface area contributed by atoms with Gasteiger partial charge in [-0.3, -0.25) is 9.59 Å². The quantitative estimate of drug-likeness (QED) is 0.549. The Labute approximate surface area is 140 Å². The summed E-state index contributed by atoms with van der Waals surface area (Å²) >= 11 is 3.35. The molecule has 2 N–H and O–H groups in total. The van der Waals surface area contributed by atoms with Crippen LogP contribution in [0.15, 0.2) is 69.0 Å². The van der Waals surface area contributed by atoms with Crippen LogP contribution in [0, 0.1) is 0 Å². The molecule has 1 aromatic heterocycles. The predicted octanol–water partition coefficient (Wildman–Crippen LogP) is 3.05. The monoisotopic (exact) mass is 369 g/mol. The van der Waals surface area contributed by atoms with E-state index in [1.807, 2.05) is 30.3 Å². The fraction of sp³-hybridized carbons (Fsp3) is 0. The van der Waals surface area contributed by atoms with Crippen molar-refractivity contribution in [3.8, 4) is 0 Å². The van der Waals surface area contributed by atoms with Crippen molar-refractivity contribution in [2.24, 2.45) is 5.10 Å². The molecule has 0 aliphatic carbocycles. The van der Waals surface area contributed by atoms with Gasteiger partial charge in [-0.1, -0.05) is 46.3 Å². The number of carbonyl (C=O) groups is 1. The lowest BCUT2D eigenvalue weighted by atomic mass is 10.1. The number of fused-ring (bicyclic) bond motifs is 1. The average molecular weight is 370 g/mol. The molecule has 6 heteroatoms. The molecule has 1 heterocycles. The van der Waals surface area contributed by atoms with E-state index in [-0.39, 0.29) is 11.1 Å². The van der Waals surface area contributed by atoms with Gasteiger partial charge in [0.2, 0.25) is 5.56 Å². The molecule has 0 radical (unpaired) electrons. The van der Waals surface area contributed by atoms with Crippen LogP contribution in [0.2, 0.25) is 0 Å². The van der Waals surface area contributed by atoms with Crippen LogP contribution in [0.5, 0.6) is 0 Å². The summed E-state index contributed by atoms with van der Waals surface area (Å²) < 4.78 is 0.966. The van der Waals surface area contributed by atoms with Gasteiger partial charge in [-0.25, -0.2) is 5.43 Å². The van der Waals surface area contributed by atoms with Gasteiger partial charge >= 0.3 is 0 Å². The largest absolute Gasteiger partial charge is 0.322 e. The Morgan fingerprint density at radius 1 is 1.13 bits per heavy atom. The number of hydrogen-bond acceptors (Lipinski definition) is 3. The van der Waals surface area contributed by atoms with Crippen molar-refractivity contribution in [1.29, 1.82) is 0 Å². The molecule has 2 aromatic carbocycles. The van der Waals surface area contributed by atoms with Gasteiger partial charge in [0.15, 0.2) is 0 Å². The number of halogens is 1. The lowest BCUT2D eigenvalue weighted by Gasteiger charge is -2.04. The molecule has 0 aliphatic heterocycles. The minimum atomic E-state index is -0.430. The number of H-pyrrole nitrogens is 1. The van der Waals surface area contributed by atoms with Crippen LogP contribution < -0.4 is 11.0 Å². The molecule has 0 atom stereocenters. The summed E-state index contributed by atoms with van der Waals surface area (Å²) in [7, 11) is 0. The topological polar surface area (TPSA) is 74.3 Å². The van der Waals surface area contributed by atoms with Crippen LogP contribution in [0.1, 0.15) is 15.9 Å². The number of nitrogens with one attached hydrogen (secondary N) is 2. The van der Waals surface area contributed by atoms with E-state index in [0.29, 0.717) is 10.9 Å². The van der Waals surface area contributed by atoms with E-state index < -0.39 is 5.91 Å². The fourth-order valence-electron chi connectivity index (χ4n) is 2.17. The molecule has 0 aliphatic rings. The summed E-state index contributed by atoms with van der Waals surface area (Å²) in [6, 6.07) is 15.9. The van der Waals surface area contributed by atoms with Gasteiger partial charge in [0.25, 0.3) is 5.91 Å². The molecule has 23 heavy (non-hydrogen) atoms. The van der Waals surface area contributed by atoms with E-state index in [0.717, 1.165) is 10.0 Å². The SMILES string of the molecule is O=C(NN=Cc1ccc(Br)cc1)c1cc(=O)[nH]c2ccccc12. The first-order valence-corrected chi connectivity index (χ1v) is 7.64. The molecule has 0 saturated heterocycles. The van der Waals surface area contributed by atoms with Crippen LogP contribution in [-0.2, 0) is 0 Å². The second kappa shape index (κ2) is 6.58. The number of aromatic nitrogens is 1. The Morgan fingerprint density at radius 2 is 1.87 bits per heavy atom. The summed E-state index contributed by atoms with van der Waals surface area (Å²) in [6.07, 6.45) is 1.54. The molecule has 0 unspecified atom stereocenters. The van der Waals surface area contributed by atoms with Crippen molar-refractivity contribution < 1.29 is 4.79 Å². The Morgan fingerprint density at radius 3 is 2.65 bits per heavy atom. The van der Waals surface area contributed by atoms with Gasteiger partial charge in [-0.2, -0.15) is 5.10 Å². The van der Waals surface area contributed by atoms with E-state index in [9.17, 15) is 9.59 Å². The zero-order chi connectivity index (χ0) is 16.2.